The lowest BCUT2D eigenvalue weighted by molar-refractivity contribution is -0.121. The van der Waals surface area contributed by atoms with Gasteiger partial charge in [-0.1, -0.05) is 42.5 Å². The number of ether oxygens (including phenoxy) is 2. The third kappa shape index (κ3) is 7.45. The average molecular weight is 602 g/mol. The Morgan fingerprint density at radius 1 is 0.878 bits per heavy atom. The van der Waals surface area contributed by atoms with Crippen molar-refractivity contribution in [3.63, 3.8) is 0 Å². The molecule has 0 aliphatic carbocycles. The second kappa shape index (κ2) is 13.5. The lowest BCUT2D eigenvalue weighted by Gasteiger charge is -2.23. The molecule has 3 aromatic rings. The molecule has 10 nitrogen and oxygen atoms in total. The lowest BCUT2D eigenvalue weighted by Crippen LogP contribution is -2.41. The third-order valence-corrected chi connectivity index (χ3v) is 10.6. The number of carbonyl (C=O) groups is 1. The number of amides is 1. The minimum Gasteiger partial charge on any atom is -0.497 e. The van der Waals surface area contributed by atoms with E-state index < -0.39 is 32.5 Å². The third-order valence-electron chi connectivity index (χ3n) is 6.87. The van der Waals surface area contributed by atoms with Crippen LogP contribution in [0, 0.1) is 0 Å². The van der Waals surface area contributed by atoms with Gasteiger partial charge in [-0.25, -0.2) is 16.8 Å². The molecule has 41 heavy (non-hydrogen) atoms. The summed E-state index contributed by atoms with van der Waals surface area (Å²) in [5, 5.41) is 2.78. The Labute approximate surface area is 242 Å². The predicted molar refractivity (Wildman–Crippen MR) is 155 cm³/mol. The van der Waals surface area contributed by atoms with E-state index in [0.29, 0.717) is 25.3 Å². The first-order valence-corrected chi connectivity index (χ1v) is 16.1. The van der Waals surface area contributed by atoms with Crippen molar-refractivity contribution in [3.05, 3.63) is 83.9 Å². The van der Waals surface area contributed by atoms with Gasteiger partial charge in [0.05, 0.1) is 25.7 Å². The van der Waals surface area contributed by atoms with Crippen LogP contribution in [0.15, 0.2) is 82.6 Å². The van der Waals surface area contributed by atoms with Gasteiger partial charge in [0, 0.05) is 32.2 Å². The molecule has 1 aliphatic heterocycles. The maximum absolute atomic E-state index is 13.8. The Bertz CT molecular complexity index is 1540. The van der Waals surface area contributed by atoms with E-state index in [1.807, 2.05) is 6.07 Å². The van der Waals surface area contributed by atoms with E-state index in [1.165, 1.54) is 30.7 Å². The van der Waals surface area contributed by atoms with E-state index in [0.717, 1.165) is 28.3 Å². The van der Waals surface area contributed by atoms with E-state index in [-0.39, 0.29) is 28.6 Å². The van der Waals surface area contributed by atoms with E-state index in [4.69, 9.17) is 9.47 Å². The standard InChI is InChI=1S/C29H35N3O7S2/c1-38-25-12-15-27(39-2)28(20-25)41(36,37)32(21-24-8-4-3-5-9-24)22-29(33)30-17-16-23-10-13-26(14-11-23)40(34,35)31-18-6-7-19-31/h3-5,8-15,20H,6-7,16-19,21-22H2,1-2H3,(H,30,33). The zero-order valence-electron chi connectivity index (χ0n) is 23.2. The minimum absolute atomic E-state index is 0.0239. The first-order chi connectivity index (χ1) is 19.6. The van der Waals surface area contributed by atoms with Crippen LogP contribution in [0.5, 0.6) is 11.5 Å². The second-order valence-corrected chi connectivity index (χ2v) is 13.5. The summed E-state index contributed by atoms with van der Waals surface area (Å²) in [7, 11) is -4.84. The van der Waals surface area contributed by atoms with Crippen molar-refractivity contribution in [2.24, 2.45) is 0 Å². The molecular formula is C29H35N3O7S2. The van der Waals surface area contributed by atoms with Gasteiger partial charge in [0.15, 0.2) is 0 Å². The van der Waals surface area contributed by atoms with Crippen LogP contribution in [0.3, 0.4) is 0 Å². The molecule has 220 valence electrons. The van der Waals surface area contributed by atoms with Crippen LogP contribution >= 0.6 is 0 Å². The molecule has 1 N–H and O–H groups in total. The van der Waals surface area contributed by atoms with Crippen molar-refractivity contribution < 1.29 is 31.1 Å². The van der Waals surface area contributed by atoms with Gasteiger partial charge in [-0.05, 0) is 54.7 Å². The quantitative estimate of drug-likeness (QED) is 0.320. The van der Waals surface area contributed by atoms with Crippen LogP contribution in [0.1, 0.15) is 24.0 Å². The zero-order valence-corrected chi connectivity index (χ0v) is 24.8. The van der Waals surface area contributed by atoms with Crippen LogP contribution in [0.25, 0.3) is 0 Å². The van der Waals surface area contributed by atoms with Crippen LogP contribution in [0.4, 0.5) is 0 Å². The molecule has 0 spiro atoms. The fourth-order valence-electron chi connectivity index (χ4n) is 4.61. The molecule has 1 saturated heterocycles. The lowest BCUT2D eigenvalue weighted by atomic mass is 10.1. The van der Waals surface area contributed by atoms with Gasteiger partial charge < -0.3 is 14.8 Å². The first kappa shape index (κ1) is 30.5. The van der Waals surface area contributed by atoms with Gasteiger partial charge in [-0.2, -0.15) is 8.61 Å². The molecule has 0 radical (unpaired) electrons. The van der Waals surface area contributed by atoms with Crippen molar-refractivity contribution in [2.45, 2.75) is 35.6 Å². The number of nitrogens with zero attached hydrogens (tertiary/aromatic N) is 2. The molecule has 0 atom stereocenters. The highest BCUT2D eigenvalue weighted by Gasteiger charge is 2.30. The molecule has 0 unspecified atom stereocenters. The molecule has 1 amide bonds. The Morgan fingerprint density at radius 3 is 2.20 bits per heavy atom. The van der Waals surface area contributed by atoms with Crippen molar-refractivity contribution in [1.82, 2.24) is 13.9 Å². The second-order valence-electron chi connectivity index (χ2n) is 9.63. The van der Waals surface area contributed by atoms with Crippen LogP contribution < -0.4 is 14.8 Å². The molecule has 0 aromatic heterocycles. The fraction of sp³-hybridized carbons (Fsp3) is 0.345. The van der Waals surface area contributed by atoms with Gasteiger partial charge in [-0.15, -0.1) is 0 Å². The van der Waals surface area contributed by atoms with Gasteiger partial charge in [0.2, 0.25) is 26.0 Å². The van der Waals surface area contributed by atoms with E-state index in [2.05, 4.69) is 5.32 Å². The molecule has 0 bridgehead atoms. The number of nitrogens with one attached hydrogen (secondary N) is 1. The Morgan fingerprint density at radius 2 is 1.56 bits per heavy atom. The topological polar surface area (TPSA) is 122 Å². The first-order valence-electron chi connectivity index (χ1n) is 13.3. The zero-order chi connectivity index (χ0) is 29.5. The van der Waals surface area contributed by atoms with E-state index >= 15 is 0 Å². The maximum atomic E-state index is 13.8. The summed E-state index contributed by atoms with van der Waals surface area (Å²) >= 11 is 0. The molecule has 1 aliphatic rings. The van der Waals surface area contributed by atoms with Gasteiger partial charge in [-0.3, -0.25) is 4.79 Å². The largest absolute Gasteiger partial charge is 0.497 e. The summed E-state index contributed by atoms with van der Waals surface area (Å²) in [6.45, 7) is 0.892. The molecule has 3 aromatic carbocycles. The highest BCUT2D eigenvalue weighted by molar-refractivity contribution is 7.89. The number of rotatable bonds is 13. The number of hydrogen-bond acceptors (Lipinski definition) is 7. The van der Waals surface area contributed by atoms with E-state index in [9.17, 15) is 21.6 Å². The van der Waals surface area contributed by atoms with Gasteiger partial charge >= 0.3 is 0 Å². The molecule has 0 saturated carbocycles. The number of sulfonamides is 2. The fourth-order valence-corrected chi connectivity index (χ4v) is 7.68. The van der Waals surface area contributed by atoms with Crippen molar-refractivity contribution in [1.29, 1.82) is 0 Å². The molecule has 4 rings (SSSR count). The molecule has 12 heteroatoms. The Kier molecular flexibility index (Phi) is 10.0. The number of benzene rings is 3. The normalized spacial score (nSPS) is 14.2. The van der Waals surface area contributed by atoms with Crippen molar-refractivity contribution in [2.75, 3.05) is 40.4 Å². The molecular weight excluding hydrogens is 566 g/mol. The van der Waals surface area contributed by atoms with Gasteiger partial charge in [0.25, 0.3) is 0 Å². The average Bonchev–Trinajstić information content (AvgIpc) is 3.54. The smallest absolute Gasteiger partial charge is 0.247 e. The van der Waals surface area contributed by atoms with Crippen LogP contribution in [-0.2, 0) is 37.8 Å². The SMILES string of the molecule is COc1ccc(OC)c(S(=O)(=O)N(CC(=O)NCCc2ccc(S(=O)(=O)N3CCCC3)cc2)Cc2ccccc2)c1. The highest BCUT2D eigenvalue weighted by Crippen LogP contribution is 2.31. The predicted octanol–water partition coefficient (Wildman–Crippen LogP) is 3.04. The number of hydrogen-bond donors (Lipinski definition) is 1. The minimum atomic E-state index is -4.17. The van der Waals surface area contributed by atoms with Crippen LogP contribution in [-0.4, -0.2) is 71.8 Å². The van der Waals surface area contributed by atoms with Crippen LogP contribution in [0.2, 0.25) is 0 Å². The number of methoxy groups -OCH3 is 2. The Hall–Kier alpha value is -3.45. The van der Waals surface area contributed by atoms with Crippen molar-refractivity contribution >= 4 is 26.0 Å². The number of carbonyl (C=O) groups excluding carboxylic acids is 1. The van der Waals surface area contributed by atoms with E-state index in [1.54, 1.807) is 54.6 Å². The van der Waals surface area contributed by atoms with Gasteiger partial charge in [0.1, 0.15) is 16.4 Å². The summed E-state index contributed by atoms with van der Waals surface area (Å²) in [6, 6.07) is 20.1. The highest BCUT2D eigenvalue weighted by atomic mass is 32.2. The summed E-state index contributed by atoms with van der Waals surface area (Å²) in [5.74, 6) is 0.00630. The monoisotopic (exact) mass is 601 g/mol. The maximum Gasteiger partial charge on any atom is 0.247 e. The summed E-state index contributed by atoms with van der Waals surface area (Å²) in [6.07, 6.45) is 2.19. The van der Waals surface area contributed by atoms with Crippen molar-refractivity contribution in [3.8, 4) is 11.5 Å². The summed E-state index contributed by atoms with van der Waals surface area (Å²) in [5.41, 5.74) is 1.57. The Balaban J connectivity index is 1.44. The molecule has 1 heterocycles. The molecule has 1 fully saturated rings. The summed E-state index contributed by atoms with van der Waals surface area (Å²) in [4.78, 5) is 13.1. The summed E-state index contributed by atoms with van der Waals surface area (Å²) < 4.78 is 66.2.